The van der Waals surface area contributed by atoms with Crippen LogP contribution in [0.3, 0.4) is 0 Å². The van der Waals surface area contributed by atoms with E-state index in [2.05, 4.69) is 0 Å². The van der Waals surface area contributed by atoms with Gasteiger partial charge in [0.1, 0.15) is 17.2 Å². The zero-order valence-corrected chi connectivity index (χ0v) is 12.8. The molecule has 0 aromatic heterocycles. The van der Waals surface area contributed by atoms with Gasteiger partial charge in [0.05, 0.1) is 32.9 Å². The summed E-state index contributed by atoms with van der Waals surface area (Å²) >= 11 is 0. The van der Waals surface area contributed by atoms with Crippen LogP contribution in [0, 0.1) is 6.92 Å². The number of hydrogen-bond acceptors (Lipinski definition) is 4. The van der Waals surface area contributed by atoms with E-state index in [1.54, 1.807) is 21.3 Å². The van der Waals surface area contributed by atoms with E-state index in [9.17, 15) is 0 Å². The molecule has 2 aromatic rings. The van der Waals surface area contributed by atoms with Crippen LogP contribution in [0.5, 0.6) is 17.2 Å². The Labute approximate surface area is 125 Å². The van der Waals surface area contributed by atoms with Crippen LogP contribution in [0.25, 0.3) is 0 Å². The van der Waals surface area contributed by atoms with E-state index in [0.29, 0.717) is 17.2 Å². The molecule has 1 unspecified atom stereocenters. The Morgan fingerprint density at radius 1 is 0.857 bits per heavy atom. The molecule has 2 rings (SSSR count). The smallest absolute Gasteiger partial charge is 0.131 e. The molecule has 1 atom stereocenters. The molecule has 0 saturated carbocycles. The van der Waals surface area contributed by atoms with E-state index in [-0.39, 0.29) is 6.04 Å². The van der Waals surface area contributed by atoms with Crippen LogP contribution in [0.2, 0.25) is 0 Å². The van der Waals surface area contributed by atoms with Gasteiger partial charge in [0.2, 0.25) is 0 Å². The zero-order valence-electron chi connectivity index (χ0n) is 12.8. The van der Waals surface area contributed by atoms with E-state index in [1.165, 1.54) is 5.56 Å². The standard InChI is InChI=1S/C17H21NO3/c1-11-5-7-12(8-6-11)17(18)16-14(20-3)9-13(19-2)10-15(16)21-4/h5-10,17H,18H2,1-4H3. The molecule has 2 N–H and O–H groups in total. The SMILES string of the molecule is COc1cc(OC)c(C(N)c2ccc(C)cc2)c(OC)c1. The molecule has 0 saturated heterocycles. The van der Waals surface area contributed by atoms with Gasteiger partial charge in [-0.2, -0.15) is 0 Å². The highest BCUT2D eigenvalue weighted by Crippen LogP contribution is 2.39. The minimum atomic E-state index is -0.332. The first-order valence-corrected chi connectivity index (χ1v) is 6.72. The van der Waals surface area contributed by atoms with Gasteiger partial charge in [-0.15, -0.1) is 0 Å². The van der Waals surface area contributed by atoms with Gasteiger partial charge in [-0.1, -0.05) is 29.8 Å². The van der Waals surface area contributed by atoms with Gasteiger partial charge < -0.3 is 19.9 Å². The second kappa shape index (κ2) is 6.50. The summed E-state index contributed by atoms with van der Waals surface area (Å²) < 4.78 is 16.2. The largest absolute Gasteiger partial charge is 0.496 e. The number of hydrogen-bond donors (Lipinski definition) is 1. The van der Waals surface area contributed by atoms with Crippen molar-refractivity contribution in [2.75, 3.05) is 21.3 Å². The molecule has 0 fully saturated rings. The van der Waals surface area contributed by atoms with Gasteiger partial charge in [0.25, 0.3) is 0 Å². The minimum Gasteiger partial charge on any atom is -0.496 e. The van der Waals surface area contributed by atoms with Crippen molar-refractivity contribution in [1.29, 1.82) is 0 Å². The maximum absolute atomic E-state index is 6.41. The third kappa shape index (κ3) is 3.11. The van der Waals surface area contributed by atoms with Crippen molar-refractivity contribution in [3.63, 3.8) is 0 Å². The van der Waals surface area contributed by atoms with E-state index < -0.39 is 0 Å². The highest BCUT2D eigenvalue weighted by molar-refractivity contribution is 5.54. The Morgan fingerprint density at radius 2 is 1.38 bits per heavy atom. The lowest BCUT2D eigenvalue weighted by atomic mass is 9.96. The van der Waals surface area contributed by atoms with Gasteiger partial charge in [0, 0.05) is 12.1 Å². The lowest BCUT2D eigenvalue weighted by Gasteiger charge is -2.20. The third-order valence-electron chi connectivity index (χ3n) is 3.50. The predicted octanol–water partition coefficient (Wildman–Crippen LogP) is 3.07. The Hall–Kier alpha value is -2.20. The fraction of sp³-hybridized carbons (Fsp3) is 0.294. The molecule has 21 heavy (non-hydrogen) atoms. The predicted molar refractivity (Wildman–Crippen MR) is 83.3 cm³/mol. The normalized spacial score (nSPS) is 11.9. The fourth-order valence-electron chi connectivity index (χ4n) is 2.28. The summed E-state index contributed by atoms with van der Waals surface area (Å²) in [5.41, 5.74) is 9.42. The van der Waals surface area contributed by atoms with Crippen molar-refractivity contribution >= 4 is 0 Å². The van der Waals surface area contributed by atoms with Crippen molar-refractivity contribution in [3.05, 3.63) is 53.1 Å². The van der Waals surface area contributed by atoms with Gasteiger partial charge >= 0.3 is 0 Å². The quantitative estimate of drug-likeness (QED) is 0.918. The zero-order chi connectivity index (χ0) is 15.4. The van der Waals surface area contributed by atoms with Gasteiger partial charge in [0.15, 0.2) is 0 Å². The number of methoxy groups -OCH3 is 3. The molecule has 0 aliphatic rings. The van der Waals surface area contributed by atoms with Crippen LogP contribution < -0.4 is 19.9 Å². The molecule has 0 radical (unpaired) electrons. The molecular formula is C17H21NO3. The molecular weight excluding hydrogens is 266 g/mol. The molecule has 4 heteroatoms. The number of ether oxygens (including phenoxy) is 3. The first kappa shape index (κ1) is 15.2. The molecule has 0 amide bonds. The van der Waals surface area contributed by atoms with E-state index in [1.807, 2.05) is 43.3 Å². The number of benzene rings is 2. The maximum atomic E-state index is 6.41. The monoisotopic (exact) mass is 287 g/mol. The average molecular weight is 287 g/mol. The van der Waals surface area contributed by atoms with Crippen molar-refractivity contribution in [2.24, 2.45) is 5.73 Å². The molecule has 112 valence electrons. The molecule has 0 spiro atoms. The topological polar surface area (TPSA) is 53.7 Å². The minimum absolute atomic E-state index is 0.332. The lowest BCUT2D eigenvalue weighted by molar-refractivity contribution is 0.366. The first-order chi connectivity index (χ1) is 10.1. The summed E-state index contributed by atoms with van der Waals surface area (Å²) in [5, 5.41) is 0. The Kier molecular flexibility index (Phi) is 4.70. The van der Waals surface area contributed by atoms with E-state index >= 15 is 0 Å². The molecule has 0 aliphatic carbocycles. The highest BCUT2D eigenvalue weighted by Gasteiger charge is 2.20. The van der Waals surface area contributed by atoms with Gasteiger partial charge in [-0.05, 0) is 12.5 Å². The summed E-state index contributed by atoms with van der Waals surface area (Å²) in [6, 6.07) is 11.4. The molecule has 0 bridgehead atoms. The van der Waals surface area contributed by atoms with Crippen molar-refractivity contribution < 1.29 is 14.2 Å². The summed E-state index contributed by atoms with van der Waals surface area (Å²) in [5.74, 6) is 1.97. The van der Waals surface area contributed by atoms with E-state index in [4.69, 9.17) is 19.9 Å². The van der Waals surface area contributed by atoms with Crippen molar-refractivity contribution in [1.82, 2.24) is 0 Å². The van der Waals surface area contributed by atoms with Crippen LogP contribution in [-0.4, -0.2) is 21.3 Å². The maximum Gasteiger partial charge on any atom is 0.131 e. The fourth-order valence-corrected chi connectivity index (χ4v) is 2.28. The first-order valence-electron chi connectivity index (χ1n) is 6.72. The van der Waals surface area contributed by atoms with Crippen molar-refractivity contribution in [3.8, 4) is 17.2 Å². The van der Waals surface area contributed by atoms with Crippen LogP contribution in [0.4, 0.5) is 0 Å². The highest BCUT2D eigenvalue weighted by atomic mass is 16.5. The van der Waals surface area contributed by atoms with E-state index in [0.717, 1.165) is 11.1 Å². The van der Waals surface area contributed by atoms with Crippen LogP contribution in [0.1, 0.15) is 22.7 Å². The Bertz CT molecular complexity index is 583. The third-order valence-corrected chi connectivity index (χ3v) is 3.50. The second-order valence-corrected chi connectivity index (χ2v) is 4.83. The van der Waals surface area contributed by atoms with Gasteiger partial charge in [-0.3, -0.25) is 0 Å². The van der Waals surface area contributed by atoms with Crippen LogP contribution in [0.15, 0.2) is 36.4 Å². The summed E-state index contributed by atoms with van der Waals surface area (Å²) in [4.78, 5) is 0. The molecule has 0 aliphatic heterocycles. The number of nitrogens with two attached hydrogens (primary N) is 1. The number of aryl methyl sites for hydroxylation is 1. The summed E-state index contributed by atoms with van der Waals surface area (Å²) in [6.45, 7) is 2.05. The van der Waals surface area contributed by atoms with Gasteiger partial charge in [-0.25, -0.2) is 0 Å². The Morgan fingerprint density at radius 3 is 1.81 bits per heavy atom. The summed E-state index contributed by atoms with van der Waals surface area (Å²) in [6.07, 6.45) is 0. The number of rotatable bonds is 5. The second-order valence-electron chi connectivity index (χ2n) is 4.83. The summed E-state index contributed by atoms with van der Waals surface area (Å²) in [7, 11) is 4.83. The lowest BCUT2D eigenvalue weighted by Crippen LogP contribution is -2.14. The average Bonchev–Trinajstić information content (AvgIpc) is 2.53. The molecule has 4 nitrogen and oxygen atoms in total. The molecule has 0 heterocycles. The van der Waals surface area contributed by atoms with Crippen LogP contribution >= 0.6 is 0 Å². The molecule has 2 aromatic carbocycles. The Balaban J connectivity index is 2.52. The van der Waals surface area contributed by atoms with Crippen molar-refractivity contribution in [2.45, 2.75) is 13.0 Å². The van der Waals surface area contributed by atoms with Crippen LogP contribution in [-0.2, 0) is 0 Å².